The minimum atomic E-state index is -2.89. The monoisotopic (exact) mass is 920 g/mol. The van der Waals surface area contributed by atoms with E-state index in [1.807, 2.05) is 0 Å². The zero-order valence-electron chi connectivity index (χ0n) is 38.9. The number of nitrogens with zero attached hydrogens (tertiary/aromatic N) is 2. The molecule has 0 saturated heterocycles. The molecule has 0 radical (unpaired) electrons. The molecule has 1 aromatic heterocycles. The summed E-state index contributed by atoms with van der Waals surface area (Å²) in [6.07, 6.45) is 0. The number of ether oxygens (including phenoxy) is 1. The van der Waals surface area contributed by atoms with Gasteiger partial charge in [0.15, 0.2) is 8.07 Å². The van der Waals surface area contributed by atoms with Crippen LogP contribution in [0.4, 0.5) is 11.4 Å². The zero-order valence-corrected chi connectivity index (χ0v) is 39.9. The molecule has 2 aliphatic heterocycles. The summed E-state index contributed by atoms with van der Waals surface area (Å²) >= 11 is 0. The minimum Gasteiger partial charge on any atom is -0.458 e. The number of aromatic nitrogens is 1. The van der Waals surface area contributed by atoms with Crippen LogP contribution in [0.15, 0.2) is 273 Å². The van der Waals surface area contributed by atoms with E-state index in [-0.39, 0.29) is 6.85 Å². The number of hydrogen-bond acceptors (Lipinski definition) is 2. The van der Waals surface area contributed by atoms with Crippen LogP contribution in [0.25, 0.3) is 60.9 Å². The van der Waals surface area contributed by atoms with E-state index < -0.39 is 8.07 Å². The summed E-state index contributed by atoms with van der Waals surface area (Å²) in [7, 11) is -2.89. The zero-order chi connectivity index (χ0) is 46.9. The SMILES string of the molecule is c1ccc(N2B3c4ccc(-c5ccccc5[Si](c5ccccc5)(c5ccccc5)c5ccccc5)cc4Oc4cc(-c5cccc(-n6c7ccccc7c7ccccc76)c5)cc(c43)-c3ccccc32)cc1. The lowest BCUT2D eigenvalue weighted by Crippen LogP contribution is -2.75. The van der Waals surface area contributed by atoms with Gasteiger partial charge in [0, 0.05) is 38.9 Å². The van der Waals surface area contributed by atoms with Gasteiger partial charge in [0.05, 0.1) is 11.0 Å². The van der Waals surface area contributed by atoms with E-state index in [0.717, 1.165) is 45.0 Å². The fourth-order valence-electron chi connectivity index (χ4n) is 12.0. The molecule has 0 unspecified atom stereocenters. The van der Waals surface area contributed by atoms with Crippen LogP contribution >= 0.6 is 0 Å². The summed E-state index contributed by atoms with van der Waals surface area (Å²) in [6, 6.07) is 101. The van der Waals surface area contributed by atoms with Gasteiger partial charge in [0.2, 0.25) is 0 Å². The first-order chi connectivity index (χ1) is 35.2. The Labute approximate surface area is 415 Å². The van der Waals surface area contributed by atoms with Gasteiger partial charge >= 0.3 is 6.85 Å². The van der Waals surface area contributed by atoms with Crippen molar-refractivity contribution in [1.82, 2.24) is 4.57 Å². The highest BCUT2D eigenvalue weighted by Crippen LogP contribution is 2.46. The molecule has 11 aromatic carbocycles. The van der Waals surface area contributed by atoms with Crippen molar-refractivity contribution in [3.8, 4) is 50.6 Å². The third-order valence-corrected chi connectivity index (χ3v) is 19.8. The van der Waals surface area contributed by atoms with E-state index >= 15 is 0 Å². The predicted octanol–water partition coefficient (Wildman–Crippen LogP) is 12.5. The molecule has 0 atom stereocenters. The second-order valence-corrected chi connectivity index (χ2v) is 22.5. The summed E-state index contributed by atoms with van der Waals surface area (Å²) in [5.74, 6) is 1.74. The Hall–Kier alpha value is -8.90. The summed E-state index contributed by atoms with van der Waals surface area (Å²) in [5, 5.41) is 7.86. The Bertz CT molecular complexity index is 3840. The molecule has 5 heteroatoms. The third kappa shape index (κ3) is 6.44. The number of benzene rings is 11. The molecule has 2 aliphatic rings. The molecule has 0 amide bonds. The van der Waals surface area contributed by atoms with Crippen molar-refractivity contribution in [1.29, 1.82) is 0 Å². The first-order valence-electron chi connectivity index (χ1n) is 24.5. The van der Waals surface area contributed by atoms with Gasteiger partial charge in [-0.1, -0.05) is 212 Å². The second-order valence-electron chi connectivity index (χ2n) is 18.7. The van der Waals surface area contributed by atoms with Crippen molar-refractivity contribution < 1.29 is 4.74 Å². The summed E-state index contributed by atoms with van der Waals surface area (Å²) in [6.45, 7) is -0.144. The molecule has 0 N–H and O–H groups in total. The fourth-order valence-corrected chi connectivity index (χ4v) is 17.0. The maximum Gasteiger partial charge on any atom is 0.336 e. The molecule has 71 heavy (non-hydrogen) atoms. The Morgan fingerprint density at radius 3 is 1.55 bits per heavy atom. The highest BCUT2D eigenvalue weighted by atomic mass is 28.3. The second kappa shape index (κ2) is 16.7. The van der Waals surface area contributed by atoms with Crippen LogP contribution in [0.3, 0.4) is 0 Å². The smallest absolute Gasteiger partial charge is 0.336 e. The average molecular weight is 921 g/mol. The Morgan fingerprint density at radius 2 is 0.887 bits per heavy atom. The first-order valence-corrected chi connectivity index (χ1v) is 26.5. The van der Waals surface area contributed by atoms with Gasteiger partial charge in [-0.05, 0) is 115 Å². The number of para-hydroxylation sites is 4. The van der Waals surface area contributed by atoms with Crippen molar-refractivity contribution >= 4 is 79.8 Å². The normalized spacial score (nSPS) is 12.6. The number of fused-ring (bicyclic) bond motifs is 7. The molecule has 0 fully saturated rings. The lowest BCUT2D eigenvalue weighted by Gasteiger charge is -2.42. The van der Waals surface area contributed by atoms with Crippen molar-refractivity contribution in [2.45, 2.75) is 0 Å². The lowest BCUT2D eigenvalue weighted by molar-refractivity contribution is 0.487. The summed E-state index contributed by atoms with van der Waals surface area (Å²) in [4.78, 5) is 2.52. The number of hydrogen-bond donors (Lipinski definition) is 0. The highest BCUT2D eigenvalue weighted by Gasteiger charge is 2.45. The standard InChI is InChI=1S/C66H45BN2OSi/c1-5-23-49(24-6-1)69-62-38-19-15-35-57(62)58-43-48(46-22-21-25-50(42-46)68-60-36-17-13-33-55(60)56-34-14-18-37-61(56)68)45-64-66(58)67(69)59-41-40-47(44-63(59)70-64)54-32-16-20-39-65(54)71(51-26-7-2-8-27-51,52-28-9-3-10-29-52)53-30-11-4-12-31-53/h1-45H. The van der Waals surface area contributed by atoms with Crippen LogP contribution < -0.4 is 41.2 Å². The largest absolute Gasteiger partial charge is 0.458 e. The molecule has 0 spiro atoms. The van der Waals surface area contributed by atoms with Crippen molar-refractivity contribution in [2.24, 2.45) is 0 Å². The molecule has 0 aliphatic carbocycles. The van der Waals surface area contributed by atoms with E-state index in [1.165, 1.54) is 70.4 Å². The van der Waals surface area contributed by atoms with Crippen LogP contribution in [0.2, 0.25) is 0 Å². The molecule has 332 valence electrons. The van der Waals surface area contributed by atoms with Crippen LogP contribution in [0, 0.1) is 0 Å². The van der Waals surface area contributed by atoms with E-state index in [1.54, 1.807) is 0 Å². The van der Waals surface area contributed by atoms with Crippen LogP contribution in [-0.4, -0.2) is 19.5 Å². The molecule has 0 saturated carbocycles. The Balaban J connectivity index is 0.977. The number of rotatable bonds is 8. The maximum atomic E-state index is 7.42. The van der Waals surface area contributed by atoms with Crippen molar-refractivity contribution in [2.75, 3.05) is 4.81 Å². The van der Waals surface area contributed by atoms with E-state index in [4.69, 9.17) is 4.74 Å². The molecule has 12 aromatic rings. The lowest BCUT2D eigenvalue weighted by atomic mass is 9.44. The molecule has 0 bridgehead atoms. The summed E-state index contributed by atoms with van der Waals surface area (Å²) in [5.41, 5.74) is 15.1. The minimum absolute atomic E-state index is 0.144. The molecular weight excluding hydrogens is 876 g/mol. The topological polar surface area (TPSA) is 17.4 Å². The van der Waals surface area contributed by atoms with Crippen LogP contribution in [0.1, 0.15) is 0 Å². The number of anilines is 2. The highest BCUT2D eigenvalue weighted by molar-refractivity contribution is 7.20. The van der Waals surface area contributed by atoms with Crippen molar-refractivity contribution in [3.05, 3.63) is 273 Å². The van der Waals surface area contributed by atoms with Gasteiger partial charge in [-0.2, -0.15) is 0 Å². The van der Waals surface area contributed by atoms with E-state index in [2.05, 4.69) is 282 Å². The maximum absolute atomic E-state index is 7.42. The Kier molecular flexibility index (Phi) is 9.65. The molecular formula is C66H45BN2OSi. The predicted molar refractivity (Wildman–Crippen MR) is 301 cm³/mol. The van der Waals surface area contributed by atoms with Gasteiger partial charge in [-0.3, -0.25) is 0 Å². The molecule has 3 heterocycles. The van der Waals surface area contributed by atoms with Crippen LogP contribution in [0.5, 0.6) is 11.5 Å². The van der Waals surface area contributed by atoms with E-state index in [0.29, 0.717) is 0 Å². The van der Waals surface area contributed by atoms with Gasteiger partial charge in [-0.25, -0.2) is 0 Å². The quantitative estimate of drug-likeness (QED) is 0.112. The van der Waals surface area contributed by atoms with Crippen molar-refractivity contribution in [3.63, 3.8) is 0 Å². The van der Waals surface area contributed by atoms with Gasteiger partial charge in [0.25, 0.3) is 0 Å². The first kappa shape index (κ1) is 41.1. The molecule has 3 nitrogen and oxygen atoms in total. The third-order valence-electron chi connectivity index (χ3n) is 15.0. The van der Waals surface area contributed by atoms with Crippen LogP contribution in [-0.2, 0) is 0 Å². The van der Waals surface area contributed by atoms with Gasteiger partial charge in [-0.15, -0.1) is 0 Å². The fraction of sp³-hybridized carbons (Fsp3) is 0. The van der Waals surface area contributed by atoms with E-state index in [9.17, 15) is 0 Å². The van der Waals surface area contributed by atoms with Gasteiger partial charge in [0.1, 0.15) is 11.5 Å². The van der Waals surface area contributed by atoms with Gasteiger partial charge < -0.3 is 14.1 Å². The molecule has 14 rings (SSSR count). The summed E-state index contributed by atoms with van der Waals surface area (Å²) < 4.78 is 9.82. The average Bonchev–Trinajstić information content (AvgIpc) is 3.79. The Morgan fingerprint density at radius 1 is 0.352 bits per heavy atom.